The number of ketones is 1. The molecule has 0 N–H and O–H groups in total. The number of fused-ring (bicyclic) bond motifs is 1. The third-order valence-electron chi connectivity index (χ3n) is 5.67. The molecule has 1 aliphatic rings. The molecule has 1 nitrogen and oxygen atoms in total. The molecule has 0 aromatic heterocycles. The van der Waals surface area contributed by atoms with Crippen LogP contribution < -0.4 is 0 Å². The molecule has 0 unspecified atom stereocenters. The minimum absolute atomic E-state index is 0.132. The average Bonchev–Trinajstić information content (AvgIpc) is 2.41. The lowest BCUT2D eigenvalue weighted by Gasteiger charge is -2.51. The molecular formula is C18H26O. The van der Waals surface area contributed by atoms with Crippen molar-refractivity contribution < 1.29 is 4.79 Å². The Hall–Kier alpha value is -1.11. The lowest BCUT2D eigenvalue weighted by atomic mass is 9.50. The Bertz CT molecular complexity index is 485. The minimum atomic E-state index is -0.344. The van der Waals surface area contributed by atoms with Crippen LogP contribution in [0, 0.1) is 11.3 Å². The van der Waals surface area contributed by atoms with Gasteiger partial charge in [0.15, 0.2) is 0 Å². The molecular weight excluding hydrogens is 232 g/mol. The summed E-state index contributed by atoms with van der Waals surface area (Å²) in [6.45, 7) is 15.1. The van der Waals surface area contributed by atoms with Crippen molar-refractivity contribution in [3.8, 4) is 0 Å². The maximum absolute atomic E-state index is 12.7. The molecule has 0 aliphatic heterocycles. The third-order valence-corrected chi connectivity index (χ3v) is 5.67. The maximum atomic E-state index is 12.7. The summed E-state index contributed by atoms with van der Waals surface area (Å²) in [5.74, 6) is 0.621. The molecule has 1 aromatic rings. The Morgan fingerprint density at radius 1 is 0.947 bits per heavy atom. The van der Waals surface area contributed by atoms with E-state index in [0.29, 0.717) is 11.7 Å². The van der Waals surface area contributed by atoms with Gasteiger partial charge in [0.2, 0.25) is 0 Å². The largest absolute Gasteiger partial charge is 0.299 e. The Morgan fingerprint density at radius 2 is 1.32 bits per heavy atom. The van der Waals surface area contributed by atoms with Crippen LogP contribution in [-0.4, -0.2) is 5.78 Å². The molecule has 0 amide bonds. The van der Waals surface area contributed by atoms with E-state index in [1.165, 1.54) is 11.1 Å². The van der Waals surface area contributed by atoms with Crippen LogP contribution >= 0.6 is 0 Å². The van der Waals surface area contributed by atoms with Gasteiger partial charge < -0.3 is 0 Å². The topological polar surface area (TPSA) is 17.1 Å². The number of carbonyl (C=O) groups is 1. The lowest BCUT2D eigenvalue weighted by Crippen LogP contribution is -2.55. The van der Waals surface area contributed by atoms with Gasteiger partial charge in [0, 0.05) is 16.2 Å². The first-order valence-electron chi connectivity index (χ1n) is 7.22. The Kier molecular flexibility index (Phi) is 2.97. The zero-order valence-electron chi connectivity index (χ0n) is 13.3. The number of benzene rings is 1. The van der Waals surface area contributed by atoms with E-state index in [4.69, 9.17) is 0 Å². The number of hydrogen-bond donors (Lipinski definition) is 0. The first kappa shape index (κ1) is 14.3. The summed E-state index contributed by atoms with van der Waals surface area (Å²) in [5.41, 5.74) is 2.07. The molecule has 0 bridgehead atoms. The highest BCUT2D eigenvalue weighted by molar-refractivity contribution is 5.88. The predicted octanol–water partition coefficient (Wildman–Crippen LogP) is 4.49. The smallest absolute Gasteiger partial charge is 0.137 e. The number of carbonyl (C=O) groups excluding carboxylic acids is 1. The van der Waals surface area contributed by atoms with Crippen LogP contribution in [0.1, 0.15) is 59.6 Å². The van der Waals surface area contributed by atoms with Gasteiger partial charge in [0.05, 0.1) is 0 Å². The second kappa shape index (κ2) is 3.94. The SMILES string of the molecule is CC(=O)C1(C(C)C)C(C)(C)c2ccccc2C1(C)C. The molecule has 2 rings (SSSR count). The first-order chi connectivity index (χ1) is 8.61. The minimum Gasteiger partial charge on any atom is -0.299 e. The monoisotopic (exact) mass is 258 g/mol. The van der Waals surface area contributed by atoms with Crippen LogP contribution in [-0.2, 0) is 15.6 Å². The summed E-state index contributed by atoms with van der Waals surface area (Å²) in [6.07, 6.45) is 0. The molecule has 1 aromatic carbocycles. The van der Waals surface area contributed by atoms with E-state index in [1.807, 2.05) is 0 Å². The lowest BCUT2D eigenvalue weighted by molar-refractivity contribution is -0.138. The van der Waals surface area contributed by atoms with Gasteiger partial charge in [-0.05, 0) is 24.0 Å². The van der Waals surface area contributed by atoms with Gasteiger partial charge in [-0.2, -0.15) is 0 Å². The van der Waals surface area contributed by atoms with Crippen LogP contribution in [0.5, 0.6) is 0 Å². The predicted molar refractivity (Wildman–Crippen MR) is 80.4 cm³/mol. The number of rotatable bonds is 2. The van der Waals surface area contributed by atoms with Gasteiger partial charge in [-0.15, -0.1) is 0 Å². The normalized spacial score (nSPS) is 22.3. The van der Waals surface area contributed by atoms with Crippen molar-refractivity contribution in [3.05, 3.63) is 35.4 Å². The van der Waals surface area contributed by atoms with Gasteiger partial charge in [-0.3, -0.25) is 4.79 Å². The van der Waals surface area contributed by atoms with Crippen LogP contribution in [0.4, 0.5) is 0 Å². The van der Waals surface area contributed by atoms with E-state index in [1.54, 1.807) is 6.92 Å². The van der Waals surface area contributed by atoms with Gasteiger partial charge >= 0.3 is 0 Å². The fourth-order valence-corrected chi connectivity index (χ4v) is 5.51. The van der Waals surface area contributed by atoms with Gasteiger partial charge in [-0.1, -0.05) is 65.8 Å². The molecule has 0 saturated heterocycles. The van der Waals surface area contributed by atoms with Crippen molar-refractivity contribution in [1.29, 1.82) is 0 Å². The first-order valence-corrected chi connectivity index (χ1v) is 7.22. The third kappa shape index (κ3) is 1.39. The van der Waals surface area contributed by atoms with Crippen molar-refractivity contribution in [2.24, 2.45) is 11.3 Å². The maximum Gasteiger partial charge on any atom is 0.137 e. The van der Waals surface area contributed by atoms with Crippen LogP contribution in [0.2, 0.25) is 0 Å². The number of Topliss-reactive ketones (excluding diaryl/α,β-unsaturated/α-hetero) is 1. The van der Waals surface area contributed by atoms with Crippen molar-refractivity contribution in [1.82, 2.24) is 0 Å². The Morgan fingerprint density at radius 3 is 1.58 bits per heavy atom. The highest BCUT2D eigenvalue weighted by Gasteiger charge is 2.66. The number of hydrogen-bond acceptors (Lipinski definition) is 1. The second-order valence-electron chi connectivity index (χ2n) is 7.31. The van der Waals surface area contributed by atoms with Gasteiger partial charge in [0.1, 0.15) is 5.78 Å². The van der Waals surface area contributed by atoms with Crippen molar-refractivity contribution in [3.63, 3.8) is 0 Å². The molecule has 1 aliphatic carbocycles. The summed E-state index contributed by atoms with van der Waals surface area (Å²) in [7, 11) is 0. The van der Waals surface area contributed by atoms with Crippen molar-refractivity contribution in [2.45, 2.75) is 59.3 Å². The standard InChI is InChI=1S/C18H26O/c1-12(2)18(13(3)19)16(4,5)14-10-8-9-11-15(14)17(18,6)7/h8-12H,1-7H3. The summed E-state index contributed by atoms with van der Waals surface area (Å²) >= 11 is 0. The van der Waals surface area contributed by atoms with E-state index in [0.717, 1.165) is 0 Å². The summed E-state index contributed by atoms with van der Waals surface area (Å²) < 4.78 is 0. The molecule has 1 heteroatoms. The fourth-order valence-electron chi connectivity index (χ4n) is 5.51. The molecule has 0 radical (unpaired) electrons. The molecule has 0 saturated carbocycles. The Labute approximate surface area is 117 Å². The second-order valence-corrected chi connectivity index (χ2v) is 7.31. The van der Waals surface area contributed by atoms with Gasteiger partial charge in [-0.25, -0.2) is 0 Å². The molecule has 19 heavy (non-hydrogen) atoms. The summed E-state index contributed by atoms with van der Waals surface area (Å²) in [5, 5.41) is 0. The van der Waals surface area contributed by atoms with Crippen LogP contribution in [0.15, 0.2) is 24.3 Å². The van der Waals surface area contributed by atoms with E-state index in [9.17, 15) is 4.79 Å². The molecule has 104 valence electrons. The highest BCUT2D eigenvalue weighted by Crippen LogP contribution is 2.65. The van der Waals surface area contributed by atoms with E-state index >= 15 is 0 Å². The van der Waals surface area contributed by atoms with E-state index in [2.05, 4.69) is 65.8 Å². The molecule has 0 fully saturated rings. The zero-order valence-corrected chi connectivity index (χ0v) is 13.3. The zero-order chi connectivity index (χ0) is 14.6. The van der Waals surface area contributed by atoms with Crippen LogP contribution in [0.25, 0.3) is 0 Å². The van der Waals surface area contributed by atoms with Gasteiger partial charge in [0.25, 0.3) is 0 Å². The highest BCUT2D eigenvalue weighted by atomic mass is 16.1. The van der Waals surface area contributed by atoms with E-state index < -0.39 is 0 Å². The molecule has 0 spiro atoms. The quantitative estimate of drug-likeness (QED) is 0.764. The van der Waals surface area contributed by atoms with E-state index in [-0.39, 0.29) is 16.2 Å². The molecule has 0 heterocycles. The van der Waals surface area contributed by atoms with Crippen molar-refractivity contribution >= 4 is 5.78 Å². The molecule has 0 atom stereocenters. The Balaban J connectivity index is 2.89. The van der Waals surface area contributed by atoms with Crippen molar-refractivity contribution in [2.75, 3.05) is 0 Å². The average molecular weight is 258 g/mol. The summed E-state index contributed by atoms with van der Waals surface area (Å²) in [6, 6.07) is 8.58. The van der Waals surface area contributed by atoms with Crippen LogP contribution in [0.3, 0.4) is 0 Å². The summed E-state index contributed by atoms with van der Waals surface area (Å²) in [4.78, 5) is 12.7. The fraction of sp³-hybridized carbons (Fsp3) is 0.611.